The zero-order valence-electron chi connectivity index (χ0n) is 11.7. The minimum Gasteiger partial charge on any atom is -0.306 e. The van der Waals surface area contributed by atoms with Crippen molar-refractivity contribution in [3.63, 3.8) is 0 Å². The van der Waals surface area contributed by atoms with E-state index in [-0.39, 0.29) is 5.82 Å². The molecule has 0 radical (unpaired) electrons. The molecule has 0 bridgehead atoms. The third kappa shape index (κ3) is 4.44. The van der Waals surface area contributed by atoms with Gasteiger partial charge in [0, 0.05) is 24.7 Å². The number of hydrogen-bond donors (Lipinski definition) is 0. The van der Waals surface area contributed by atoms with Gasteiger partial charge in [0.1, 0.15) is 5.82 Å². The molecule has 0 N–H and O–H groups in total. The maximum Gasteiger partial charge on any atom is 0.125 e. The first kappa shape index (κ1) is 14.8. The predicted molar refractivity (Wildman–Crippen MR) is 78.0 cm³/mol. The minimum atomic E-state index is -0.251. The Morgan fingerprint density at radius 1 is 1.42 bits per heavy atom. The van der Waals surface area contributed by atoms with Crippen LogP contribution >= 0.6 is 11.6 Å². The van der Waals surface area contributed by atoms with Gasteiger partial charge in [-0.25, -0.2) is 4.39 Å². The second-order valence-electron chi connectivity index (χ2n) is 5.52. The third-order valence-corrected chi connectivity index (χ3v) is 4.00. The first-order chi connectivity index (χ1) is 9.06. The minimum absolute atomic E-state index is 0.251. The Morgan fingerprint density at radius 2 is 2.21 bits per heavy atom. The van der Waals surface area contributed by atoms with E-state index < -0.39 is 0 Å². The monoisotopic (exact) mass is 284 g/mol. The molecule has 0 unspecified atom stereocenters. The van der Waals surface area contributed by atoms with E-state index in [0.717, 1.165) is 31.1 Å². The van der Waals surface area contributed by atoms with Gasteiger partial charge in [-0.1, -0.05) is 18.5 Å². The standard InChI is InChI=1S/C15H22ClFN2/c1-3-19(10-12-4-5-18(2)9-12)11-13-6-14(16)8-15(17)7-13/h6-8,12H,3-5,9-11H2,1-2H3/t12-/m1/s1. The summed E-state index contributed by atoms with van der Waals surface area (Å²) in [6.45, 7) is 7.34. The van der Waals surface area contributed by atoms with E-state index in [1.807, 2.05) is 6.07 Å². The molecule has 19 heavy (non-hydrogen) atoms. The van der Waals surface area contributed by atoms with Gasteiger partial charge in [0.05, 0.1) is 0 Å². The van der Waals surface area contributed by atoms with Crippen molar-refractivity contribution < 1.29 is 4.39 Å². The molecular formula is C15H22ClFN2. The van der Waals surface area contributed by atoms with Crippen LogP contribution in [0.5, 0.6) is 0 Å². The summed E-state index contributed by atoms with van der Waals surface area (Å²) in [5.74, 6) is 0.480. The molecule has 0 amide bonds. The zero-order chi connectivity index (χ0) is 13.8. The summed E-state index contributed by atoms with van der Waals surface area (Å²) in [5, 5.41) is 0.478. The van der Waals surface area contributed by atoms with Crippen LogP contribution in [0.2, 0.25) is 5.02 Å². The van der Waals surface area contributed by atoms with Gasteiger partial charge in [-0.15, -0.1) is 0 Å². The summed E-state index contributed by atoms with van der Waals surface area (Å²) in [4.78, 5) is 4.74. The summed E-state index contributed by atoms with van der Waals surface area (Å²) in [6.07, 6.45) is 1.26. The number of likely N-dealkylation sites (tertiary alicyclic amines) is 1. The summed E-state index contributed by atoms with van der Waals surface area (Å²) in [7, 11) is 2.17. The SMILES string of the molecule is CCN(Cc1cc(F)cc(Cl)c1)C[C@@H]1CCN(C)C1. The first-order valence-corrected chi connectivity index (χ1v) is 7.30. The number of hydrogen-bond acceptors (Lipinski definition) is 2. The van der Waals surface area contributed by atoms with Crippen LogP contribution < -0.4 is 0 Å². The van der Waals surface area contributed by atoms with E-state index >= 15 is 0 Å². The van der Waals surface area contributed by atoms with Gasteiger partial charge in [0.2, 0.25) is 0 Å². The quantitative estimate of drug-likeness (QED) is 0.819. The normalized spacial score (nSPS) is 20.4. The molecule has 0 spiro atoms. The van der Waals surface area contributed by atoms with Crippen LogP contribution in [-0.2, 0) is 6.54 Å². The molecule has 1 aromatic rings. The Bertz CT molecular complexity index is 404. The van der Waals surface area contributed by atoms with Crippen molar-refractivity contribution >= 4 is 11.6 Å². The molecule has 1 aromatic carbocycles. The lowest BCUT2D eigenvalue weighted by Gasteiger charge is -2.24. The van der Waals surface area contributed by atoms with Gasteiger partial charge in [-0.2, -0.15) is 0 Å². The largest absolute Gasteiger partial charge is 0.306 e. The fraction of sp³-hybridized carbons (Fsp3) is 0.600. The van der Waals surface area contributed by atoms with Crippen LogP contribution in [0.3, 0.4) is 0 Å². The highest BCUT2D eigenvalue weighted by molar-refractivity contribution is 6.30. The molecule has 4 heteroatoms. The van der Waals surface area contributed by atoms with Crippen molar-refractivity contribution in [2.45, 2.75) is 19.9 Å². The van der Waals surface area contributed by atoms with Crippen LogP contribution in [0.15, 0.2) is 18.2 Å². The summed E-state index contributed by atoms with van der Waals surface area (Å²) in [5.41, 5.74) is 0.957. The molecule has 106 valence electrons. The maximum atomic E-state index is 13.3. The second-order valence-corrected chi connectivity index (χ2v) is 5.96. The summed E-state index contributed by atoms with van der Waals surface area (Å²) >= 11 is 5.90. The maximum absolute atomic E-state index is 13.3. The molecule has 1 fully saturated rings. The number of halogens is 2. The smallest absolute Gasteiger partial charge is 0.125 e. The Labute approximate surface area is 120 Å². The van der Waals surface area contributed by atoms with Crippen LogP contribution in [0.25, 0.3) is 0 Å². The van der Waals surface area contributed by atoms with E-state index in [1.54, 1.807) is 6.07 Å². The molecule has 0 aromatic heterocycles. The number of rotatable bonds is 5. The zero-order valence-corrected chi connectivity index (χ0v) is 12.5. The van der Waals surface area contributed by atoms with Gasteiger partial charge >= 0.3 is 0 Å². The van der Waals surface area contributed by atoms with Crippen molar-refractivity contribution in [1.29, 1.82) is 0 Å². The van der Waals surface area contributed by atoms with E-state index in [0.29, 0.717) is 5.02 Å². The van der Waals surface area contributed by atoms with E-state index in [9.17, 15) is 4.39 Å². The van der Waals surface area contributed by atoms with Crippen LogP contribution in [-0.4, -0.2) is 43.0 Å². The molecule has 1 saturated heterocycles. The fourth-order valence-electron chi connectivity index (χ4n) is 2.81. The second kappa shape index (κ2) is 6.69. The van der Waals surface area contributed by atoms with Gasteiger partial charge in [0.15, 0.2) is 0 Å². The van der Waals surface area contributed by atoms with Crippen molar-refractivity contribution in [3.05, 3.63) is 34.6 Å². The molecule has 1 atom stereocenters. The van der Waals surface area contributed by atoms with Gasteiger partial charge < -0.3 is 4.90 Å². The average molecular weight is 285 g/mol. The van der Waals surface area contributed by atoms with E-state index in [2.05, 4.69) is 23.8 Å². The van der Waals surface area contributed by atoms with Gasteiger partial charge in [-0.05, 0) is 56.2 Å². The molecule has 2 nitrogen and oxygen atoms in total. The lowest BCUT2D eigenvalue weighted by molar-refractivity contribution is 0.233. The van der Waals surface area contributed by atoms with Crippen LogP contribution in [0, 0.1) is 11.7 Å². The lowest BCUT2D eigenvalue weighted by atomic mass is 10.1. The molecule has 2 rings (SSSR count). The third-order valence-electron chi connectivity index (χ3n) is 3.78. The molecule has 0 aliphatic carbocycles. The number of benzene rings is 1. The van der Waals surface area contributed by atoms with Crippen molar-refractivity contribution in [2.75, 3.05) is 33.2 Å². The van der Waals surface area contributed by atoms with Gasteiger partial charge in [-0.3, -0.25) is 4.90 Å². The molecule has 0 saturated carbocycles. The fourth-order valence-corrected chi connectivity index (χ4v) is 3.05. The summed E-state index contributed by atoms with van der Waals surface area (Å²) in [6, 6.07) is 4.79. The van der Waals surface area contributed by atoms with E-state index in [1.165, 1.54) is 25.6 Å². The average Bonchev–Trinajstić information content (AvgIpc) is 2.72. The Balaban J connectivity index is 1.94. The highest BCUT2D eigenvalue weighted by Crippen LogP contribution is 2.19. The molecule has 1 aliphatic rings. The highest BCUT2D eigenvalue weighted by atomic mass is 35.5. The first-order valence-electron chi connectivity index (χ1n) is 6.92. The predicted octanol–water partition coefficient (Wildman–Crippen LogP) is 3.25. The molecule has 1 aliphatic heterocycles. The highest BCUT2D eigenvalue weighted by Gasteiger charge is 2.21. The van der Waals surface area contributed by atoms with Crippen LogP contribution in [0.4, 0.5) is 4.39 Å². The van der Waals surface area contributed by atoms with E-state index in [4.69, 9.17) is 11.6 Å². The Kier molecular flexibility index (Phi) is 5.20. The Hall–Kier alpha value is -0.640. The van der Waals surface area contributed by atoms with Gasteiger partial charge in [0.25, 0.3) is 0 Å². The lowest BCUT2D eigenvalue weighted by Crippen LogP contribution is -2.30. The van der Waals surface area contributed by atoms with Crippen molar-refractivity contribution in [3.8, 4) is 0 Å². The molecular weight excluding hydrogens is 263 g/mol. The topological polar surface area (TPSA) is 6.48 Å². The molecule has 1 heterocycles. The van der Waals surface area contributed by atoms with Crippen LogP contribution in [0.1, 0.15) is 18.9 Å². The summed E-state index contributed by atoms with van der Waals surface area (Å²) < 4.78 is 13.3. The number of nitrogens with zero attached hydrogens (tertiary/aromatic N) is 2. The van der Waals surface area contributed by atoms with Crippen molar-refractivity contribution in [1.82, 2.24) is 9.80 Å². The Morgan fingerprint density at radius 3 is 2.79 bits per heavy atom. The van der Waals surface area contributed by atoms with Crippen molar-refractivity contribution in [2.24, 2.45) is 5.92 Å².